The van der Waals surface area contributed by atoms with Gasteiger partial charge < -0.3 is 10.4 Å². The minimum Gasteiger partial charge on any atom is -0.391 e. The minimum atomic E-state index is -0.167. The second-order valence-electron chi connectivity index (χ2n) is 6.08. The number of hydrogen-bond donors (Lipinski definition) is 2. The summed E-state index contributed by atoms with van der Waals surface area (Å²) in [4.78, 5) is 18.4. The van der Waals surface area contributed by atoms with E-state index in [1.807, 2.05) is 0 Å². The molecule has 3 rings (SSSR count). The monoisotopic (exact) mass is 309 g/mol. The maximum atomic E-state index is 12.0. The zero-order chi connectivity index (χ0) is 14.7. The third kappa shape index (κ3) is 3.62. The molecule has 1 amide bonds. The minimum absolute atomic E-state index is 0.0626. The second-order valence-corrected chi connectivity index (χ2v) is 6.80. The van der Waals surface area contributed by atoms with E-state index in [4.69, 9.17) is 0 Å². The van der Waals surface area contributed by atoms with Crippen molar-refractivity contribution in [2.75, 3.05) is 13.1 Å². The van der Waals surface area contributed by atoms with Crippen LogP contribution >= 0.6 is 11.3 Å². The van der Waals surface area contributed by atoms with E-state index < -0.39 is 0 Å². The Balaban J connectivity index is 1.47. The smallest absolute Gasteiger partial charge is 0.270 e. The Labute approximate surface area is 129 Å². The summed E-state index contributed by atoms with van der Waals surface area (Å²) in [5, 5.41) is 15.0. The maximum Gasteiger partial charge on any atom is 0.270 e. The third-order valence-electron chi connectivity index (χ3n) is 4.69. The summed E-state index contributed by atoms with van der Waals surface area (Å²) in [5.74, 6) is -0.0626. The molecule has 6 heteroatoms. The van der Waals surface area contributed by atoms with Crippen molar-refractivity contribution < 1.29 is 9.90 Å². The van der Waals surface area contributed by atoms with Crippen molar-refractivity contribution >= 4 is 17.2 Å². The zero-order valence-corrected chi connectivity index (χ0v) is 13.0. The van der Waals surface area contributed by atoms with Crippen LogP contribution in [0.3, 0.4) is 0 Å². The number of carbonyl (C=O) groups is 1. The SMILES string of the molecule is O=C(NC1CCN(C2CCCCC2O)CC1)c1cscn1. The fraction of sp³-hybridized carbons (Fsp3) is 0.733. The number of likely N-dealkylation sites (tertiary alicyclic amines) is 1. The first-order chi connectivity index (χ1) is 10.2. The molecule has 1 aromatic heterocycles. The first-order valence-corrected chi connectivity index (χ1v) is 8.79. The molecular formula is C15H23N3O2S. The van der Waals surface area contributed by atoms with E-state index >= 15 is 0 Å². The van der Waals surface area contributed by atoms with Gasteiger partial charge in [-0.05, 0) is 25.7 Å². The number of amides is 1. The van der Waals surface area contributed by atoms with Crippen molar-refractivity contribution in [3.05, 3.63) is 16.6 Å². The maximum absolute atomic E-state index is 12.0. The predicted octanol–water partition coefficient (Wildman–Crippen LogP) is 1.64. The lowest BCUT2D eigenvalue weighted by atomic mass is 9.89. The molecular weight excluding hydrogens is 286 g/mol. The summed E-state index contributed by atoms with van der Waals surface area (Å²) < 4.78 is 0. The van der Waals surface area contributed by atoms with E-state index in [0.717, 1.165) is 45.2 Å². The number of aliphatic hydroxyl groups is 1. The molecule has 5 nitrogen and oxygen atoms in total. The van der Waals surface area contributed by atoms with Crippen LogP contribution in [0.2, 0.25) is 0 Å². The quantitative estimate of drug-likeness (QED) is 0.891. The number of nitrogens with one attached hydrogen (secondary N) is 1. The topological polar surface area (TPSA) is 65.5 Å². The lowest BCUT2D eigenvalue weighted by Crippen LogP contribution is -2.52. The molecule has 21 heavy (non-hydrogen) atoms. The van der Waals surface area contributed by atoms with Crippen molar-refractivity contribution in [2.24, 2.45) is 0 Å². The first-order valence-electron chi connectivity index (χ1n) is 7.85. The van der Waals surface area contributed by atoms with Gasteiger partial charge in [0.2, 0.25) is 0 Å². The zero-order valence-electron chi connectivity index (χ0n) is 12.2. The van der Waals surface area contributed by atoms with Gasteiger partial charge >= 0.3 is 0 Å². The molecule has 2 N–H and O–H groups in total. The summed E-state index contributed by atoms with van der Waals surface area (Å²) in [5.41, 5.74) is 2.20. The average Bonchev–Trinajstić information content (AvgIpc) is 3.03. The highest BCUT2D eigenvalue weighted by Crippen LogP contribution is 2.25. The fourth-order valence-electron chi connectivity index (χ4n) is 3.48. The normalized spacial score (nSPS) is 28.4. The number of aliphatic hydroxyl groups excluding tert-OH is 1. The number of piperidine rings is 1. The molecule has 1 aromatic rings. The van der Waals surface area contributed by atoms with Gasteiger partial charge in [-0.2, -0.15) is 0 Å². The van der Waals surface area contributed by atoms with E-state index in [9.17, 15) is 9.90 Å². The van der Waals surface area contributed by atoms with Gasteiger partial charge in [0, 0.05) is 30.6 Å². The molecule has 0 spiro atoms. The van der Waals surface area contributed by atoms with Gasteiger partial charge in [-0.15, -0.1) is 11.3 Å². The summed E-state index contributed by atoms with van der Waals surface area (Å²) in [6.45, 7) is 1.92. The van der Waals surface area contributed by atoms with Crippen LogP contribution in [-0.2, 0) is 0 Å². The van der Waals surface area contributed by atoms with Crippen LogP contribution in [0.15, 0.2) is 10.9 Å². The molecule has 2 unspecified atom stereocenters. The Morgan fingerprint density at radius 1 is 1.29 bits per heavy atom. The van der Waals surface area contributed by atoms with Gasteiger partial charge in [-0.25, -0.2) is 4.98 Å². The van der Waals surface area contributed by atoms with Crippen LogP contribution < -0.4 is 5.32 Å². The van der Waals surface area contributed by atoms with Crippen molar-refractivity contribution in [3.8, 4) is 0 Å². The number of thiazole rings is 1. The molecule has 0 aromatic carbocycles. The van der Waals surface area contributed by atoms with Gasteiger partial charge in [0.15, 0.2) is 0 Å². The van der Waals surface area contributed by atoms with E-state index in [1.165, 1.54) is 17.8 Å². The molecule has 116 valence electrons. The third-order valence-corrected chi connectivity index (χ3v) is 5.28. The van der Waals surface area contributed by atoms with E-state index in [-0.39, 0.29) is 18.1 Å². The van der Waals surface area contributed by atoms with Crippen molar-refractivity contribution in [1.82, 2.24) is 15.2 Å². The lowest BCUT2D eigenvalue weighted by molar-refractivity contribution is 0.00726. The molecule has 0 radical (unpaired) electrons. The molecule has 2 aliphatic rings. The number of nitrogens with zero attached hydrogens (tertiary/aromatic N) is 2. The van der Waals surface area contributed by atoms with Crippen molar-refractivity contribution in [2.45, 2.75) is 56.7 Å². The van der Waals surface area contributed by atoms with Crippen LogP contribution in [-0.4, -0.2) is 52.2 Å². The summed E-state index contributed by atoms with van der Waals surface area (Å²) in [6, 6.07) is 0.560. The van der Waals surface area contributed by atoms with E-state index in [1.54, 1.807) is 10.9 Å². The summed E-state index contributed by atoms with van der Waals surface area (Å²) in [6.07, 6.45) is 6.17. The van der Waals surface area contributed by atoms with E-state index in [2.05, 4.69) is 15.2 Å². The molecule has 2 fully saturated rings. The highest BCUT2D eigenvalue weighted by Gasteiger charge is 2.31. The highest BCUT2D eigenvalue weighted by molar-refractivity contribution is 7.07. The second kappa shape index (κ2) is 6.85. The average molecular weight is 309 g/mol. The van der Waals surface area contributed by atoms with Crippen molar-refractivity contribution in [1.29, 1.82) is 0 Å². The predicted molar refractivity (Wildman–Crippen MR) is 82.4 cm³/mol. The van der Waals surface area contributed by atoms with Gasteiger partial charge in [-0.3, -0.25) is 9.69 Å². The number of hydrogen-bond acceptors (Lipinski definition) is 5. The van der Waals surface area contributed by atoms with Gasteiger partial charge in [0.1, 0.15) is 5.69 Å². The fourth-order valence-corrected chi connectivity index (χ4v) is 4.01. The number of aromatic nitrogens is 1. The number of carbonyl (C=O) groups excluding carboxylic acids is 1. The standard InChI is InChI=1S/C15H23N3O2S/c19-14-4-2-1-3-13(14)18-7-5-11(6-8-18)17-15(20)12-9-21-10-16-12/h9-11,13-14,19H,1-8H2,(H,17,20). The Bertz CT molecular complexity index is 457. The first kappa shape index (κ1) is 14.9. The van der Waals surface area contributed by atoms with Gasteiger partial charge in [0.05, 0.1) is 11.6 Å². The summed E-state index contributed by atoms with van der Waals surface area (Å²) in [7, 11) is 0. The molecule has 1 saturated carbocycles. The Kier molecular flexibility index (Phi) is 4.87. The molecule has 1 saturated heterocycles. The van der Waals surface area contributed by atoms with Crippen molar-refractivity contribution in [3.63, 3.8) is 0 Å². The Morgan fingerprint density at radius 3 is 2.71 bits per heavy atom. The summed E-state index contributed by atoms with van der Waals surface area (Å²) >= 11 is 1.44. The van der Waals surface area contributed by atoms with Crippen LogP contribution in [0.25, 0.3) is 0 Å². The highest BCUT2D eigenvalue weighted by atomic mass is 32.1. The molecule has 1 aliphatic heterocycles. The number of rotatable bonds is 3. The van der Waals surface area contributed by atoms with Crippen LogP contribution in [0.4, 0.5) is 0 Å². The van der Waals surface area contributed by atoms with Gasteiger partial charge in [-0.1, -0.05) is 12.8 Å². The Morgan fingerprint density at radius 2 is 2.05 bits per heavy atom. The van der Waals surface area contributed by atoms with Crippen LogP contribution in [0.5, 0.6) is 0 Å². The largest absolute Gasteiger partial charge is 0.391 e. The van der Waals surface area contributed by atoms with Crippen LogP contribution in [0.1, 0.15) is 49.0 Å². The van der Waals surface area contributed by atoms with E-state index in [0.29, 0.717) is 11.7 Å². The van der Waals surface area contributed by atoms with Gasteiger partial charge in [0.25, 0.3) is 5.91 Å². The Hall–Kier alpha value is -0.980. The molecule has 1 aliphatic carbocycles. The lowest BCUT2D eigenvalue weighted by Gasteiger charge is -2.41. The van der Waals surface area contributed by atoms with Crippen LogP contribution in [0, 0.1) is 0 Å². The molecule has 2 heterocycles. The molecule has 0 bridgehead atoms. The molecule has 2 atom stereocenters.